The molecule has 6 heterocycles. The number of aryl methyl sites for hydroxylation is 3. The number of fused-ring (bicyclic) bond motifs is 2. The third-order valence-corrected chi connectivity index (χ3v) is 16.0. The average Bonchev–Trinajstić information content (AvgIpc) is 3.79. The summed E-state index contributed by atoms with van der Waals surface area (Å²) in [7, 11) is 3.14. The molecule has 0 unspecified atom stereocenters. The van der Waals surface area contributed by atoms with E-state index in [1.165, 1.54) is 59.9 Å². The number of nitrogens with zero attached hydrogens (tertiary/aromatic N) is 6. The zero-order chi connectivity index (χ0) is 57.4. The summed E-state index contributed by atoms with van der Waals surface area (Å²) in [5.74, 6) is 1.14. The highest BCUT2D eigenvalue weighted by Crippen LogP contribution is 2.58. The number of carboxylic acids is 1. The van der Waals surface area contributed by atoms with E-state index in [1.807, 2.05) is 19.1 Å². The van der Waals surface area contributed by atoms with Crippen molar-refractivity contribution in [1.29, 1.82) is 0 Å². The molecule has 14 nitrogen and oxygen atoms in total. The number of carbonyl (C=O) groups excluding carboxylic acids is 1. The number of ketones is 1. The maximum atomic E-state index is 13.1. The van der Waals surface area contributed by atoms with Gasteiger partial charge in [0, 0.05) is 85.9 Å². The van der Waals surface area contributed by atoms with Crippen molar-refractivity contribution < 1.29 is 60.0 Å². The van der Waals surface area contributed by atoms with Crippen molar-refractivity contribution in [3.63, 3.8) is 0 Å². The van der Waals surface area contributed by atoms with Gasteiger partial charge in [0.1, 0.15) is 28.6 Å². The highest BCUT2D eigenvalue weighted by Gasteiger charge is 2.53. The molecule has 3 N–H and O–H groups in total. The van der Waals surface area contributed by atoms with Gasteiger partial charge in [0.15, 0.2) is 5.78 Å². The third-order valence-electron chi connectivity index (χ3n) is 16.0. The van der Waals surface area contributed by atoms with Crippen LogP contribution in [0.4, 0.5) is 37.7 Å². The van der Waals surface area contributed by atoms with E-state index < -0.39 is 18.7 Å². The van der Waals surface area contributed by atoms with E-state index in [1.54, 1.807) is 67.3 Å². The number of pyridine rings is 2. The van der Waals surface area contributed by atoms with E-state index in [9.17, 15) is 35.9 Å². The van der Waals surface area contributed by atoms with Crippen LogP contribution in [0.3, 0.4) is 0 Å². The molecule has 2 saturated carbocycles. The molecule has 4 aliphatic rings. The first kappa shape index (κ1) is 56.0. The van der Waals surface area contributed by atoms with Crippen molar-refractivity contribution in [2.24, 2.45) is 16.6 Å². The van der Waals surface area contributed by atoms with Gasteiger partial charge in [-0.25, -0.2) is 13.8 Å². The quantitative estimate of drug-likeness (QED) is 0.0785. The van der Waals surface area contributed by atoms with Crippen molar-refractivity contribution in [2.75, 3.05) is 50.2 Å². The van der Waals surface area contributed by atoms with Crippen molar-refractivity contribution in [3.05, 3.63) is 178 Å². The first-order valence-electron chi connectivity index (χ1n) is 26.5. The Balaban J connectivity index is 0.000000153. The van der Waals surface area contributed by atoms with Crippen LogP contribution >= 0.6 is 0 Å². The number of benzene rings is 4. The topological polar surface area (TPSA) is 158 Å². The fourth-order valence-electron chi connectivity index (χ4n) is 12.0. The van der Waals surface area contributed by atoms with Gasteiger partial charge < -0.3 is 39.6 Å². The van der Waals surface area contributed by atoms with Crippen LogP contribution in [0.25, 0.3) is 11.0 Å². The summed E-state index contributed by atoms with van der Waals surface area (Å²) in [6.45, 7) is 7.85. The predicted molar refractivity (Wildman–Crippen MR) is 293 cm³/mol. The summed E-state index contributed by atoms with van der Waals surface area (Å²) in [6.07, 6.45) is -0.233. The number of Topliss-reactive ketones (excluding diaryl/α,β-unsaturated/α-hetero) is 1. The number of carbonyl (C=O) groups is 2. The first-order chi connectivity index (χ1) is 38.6. The van der Waals surface area contributed by atoms with Crippen LogP contribution in [0.2, 0.25) is 0 Å². The molecular formula is C61H61F6N7O7. The molecule has 2 aliphatic heterocycles. The van der Waals surface area contributed by atoms with Crippen LogP contribution in [0.5, 0.6) is 23.0 Å². The minimum Gasteiger partial charge on any atom is -0.497 e. The molecule has 0 amide bonds. The van der Waals surface area contributed by atoms with Gasteiger partial charge in [0.2, 0.25) is 0 Å². The Morgan fingerprint density at radius 2 is 0.975 bits per heavy atom. The fraction of sp³-hybridized carbons (Fsp3) is 0.344. The zero-order valence-electron chi connectivity index (χ0n) is 45.1. The van der Waals surface area contributed by atoms with E-state index in [4.69, 9.17) is 20.3 Å². The lowest BCUT2D eigenvalue weighted by Gasteiger charge is -2.60. The molecule has 0 atom stereocenters. The molecule has 4 fully saturated rings. The molecule has 2 spiro atoms. The minimum atomic E-state index is -4.68. The van der Waals surface area contributed by atoms with Gasteiger partial charge in [-0.05, 0) is 141 Å². The van der Waals surface area contributed by atoms with Gasteiger partial charge in [-0.2, -0.15) is 10.2 Å². The number of hydrogen-bond donors (Lipinski definition) is 2. The number of methoxy groups -OCH3 is 2. The second kappa shape index (κ2) is 22.3. The van der Waals surface area contributed by atoms with Gasteiger partial charge in [0.25, 0.3) is 0 Å². The van der Waals surface area contributed by atoms with E-state index in [0.717, 1.165) is 72.7 Å². The number of hydrogen-bond acceptors (Lipinski definition) is 11. The molecular weight excluding hydrogens is 1060 g/mol. The number of alkyl halides is 6. The molecule has 2 saturated heterocycles. The molecule has 8 aromatic rings. The molecule has 81 heavy (non-hydrogen) atoms. The van der Waals surface area contributed by atoms with Crippen LogP contribution in [0.15, 0.2) is 134 Å². The zero-order valence-corrected chi connectivity index (χ0v) is 45.1. The molecule has 4 aromatic carbocycles. The number of aromatic nitrogens is 4. The second-order valence-corrected chi connectivity index (χ2v) is 21.6. The molecule has 4 aromatic heterocycles. The van der Waals surface area contributed by atoms with Gasteiger partial charge in [-0.1, -0.05) is 48.5 Å². The molecule has 0 radical (unpaired) electrons. The summed E-state index contributed by atoms with van der Waals surface area (Å²) >= 11 is 0. The Hall–Kier alpha value is -8.26. The fourth-order valence-corrected chi connectivity index (χ4v) is 12.0. The van der Waals surface area contributed by atoms with Gasteiger partial charge in [-0.15, -0.1) is 26.3 Å². The second-order valence-electron chi connectivity index (χ2n) is 21.6. The van der Waals surface area contributed by atoms with Gasteiger partial charge >= 0.3 is 18.7 Å². The lowest BCUT2D eigenvalue weighted by molar-refractivity contribution is -0.275. The summed E-state index contributed by atoms with van der Waals surface area (Å²) in [5, 5.41) is 17.6. The minimum absolute atomic E-state index is 0.0721. The molecule has 20 heteroatoms. The maximum absolute atomic E-state index is 13.1. The predicted octanol–water partition coefficient (Wildman–Crippen LogP) is 12.5. The summed E-state index contributed by atoms with van der Waals surface area (Å²) in [5.41, 5.74) is 16.5. The van der Waals surface area contributed by atoms with Crippen molar-refractivity contribution in [2.45, 2.75) is 83.5 Å². The van der Waals surface area contributed by atoms with E-state index in [0.29, 0.717) is 64.9 Å². The number of carboxylic acid groups (broad SMARTS) is 1. The average molecular weight is 1120 g/mol. The number of rotatable bonds is 14. The largest absolute Gasteiger partial charge is 0.573 e. The normalized spacial score (nSPS) is 17.0. The van der Waals surface area contributed by atoms with Crippen LogP contribution in [-0.2, 0) is 13.0 Å². The Morgan fingerprint density at radius 3 is 1.36 bits per heavy atom. The van der Waals surface area contributed by atoms with Gasteiger partial charge in [0.05, 0.1) is 42.2 Å². The Kier molecular flexibility index (Phi) is 15.5. The number of aromatic carboxylic acids is 1. The monoisotopic (exact) mass is 1120 g/mol. The third kappa shape index (κ3) is 12.6. The Morgan fingerprint density at radius 1 is 0.580 bits per heavy atom. The summed E-state index contributed by atoms with van der Waals surface area (Å²) < 4.78 is 95.3. The summed E-state index contributed by atoms with van der Waals surface area (Å²) in [4.78, 5) is 28.5. The highest BCUT2D eigenvalue weighted by molar-refractivity contribution is 6.03. The van der Waals surface area contributed by atoms with Crippen LogP contribution in [-0.4, -0.2) is 89.2 Å². The SMILES string of the molecule is COc1ccn2nc(C)c(C(=O)CCc3ccc(C4CC5(C4)CN(c4ccc(OC(F)(F)F)cc4)C5)cc3)c2c1.COc1ccn2nc(C)c(C(=O)O)c2c1.NCc1ccc(C2CC3(C2)CN(c2ccc(OC(F)(F)F)cc2)C3)cc1. The van der Waals surface area contributed by atoms with Crippen LogP contribution in [0, 0.1) is 24.7 Å². The van der Waals surface area contributed by atoms with E-state index in [-0.39, 0.29) is 28.3 Å². The molecule has 2 aliphatic carbocycles. The van der Waals surface area contributed by atoms with Crippen LogP contribution in [0.1, 0.15) is 98.3 Å². The number of halogens is 6. The van der Waals surface area contributed by atoms with Gasteiger partial charge in [-0.3, -0.25) is 4.79 Å². The maximum Gasteiger partial charge on any atom is 0.573 e. The molecule has 12 rings (SSSR count). The molecule has 424 valence electrons. The summed E-state index contributed by atoms with van der Waals surface area (Å²) in [6, 6.07) is 36.4. The smallest absolute Gasteiger partial charge is 0.497 e. The number of nitrogens with two attached hydrogens (primary N) is 1. The lowest BCUT2D eigenvalue weighted by Crippen LogP contribution is -2.61. The Bertz CT molecular complexity index is 3520. The molecule has 0 bridgehead atoms. The standard InChI is InChI=1S/C31H30F3N3O3.C20H21F3N2O.C10H10N2O3/c1-20-29(27-15-26(39-2)13-14-37(27)35-20)28(38)12-5-21-3-6-22(7-4-21)23-16-30(17-23)18-36(19-30)24-8-10-25(11-9-24)40-31(32,33)34;21-20(22,23)26-18-7-5-17(6-8-18)25-12-19(13-25)9-16(10-19)15-3-1-14(11-24)2-4-15;1-6-9(10(13)14)8-5-7(15-2)3-4-12(8)11-6/h3-4,6-11,13-15,23H,5,12,16-19H2,1-2H3;1-8,16H,9-13,24H2;3-5H,1-2H3,(H,13,14). The highest BCUT2D eigenvalue weighted by atomic mass is 19.4. The van der Waals surface area contributed by atoms with Crippen molar-refractivity contribution >= 4 is 34.2 Å². The number of anilines is 2. The van der Waals surface area contributed by atoms with Crippen LogP contribution < -0.4 is 34.5 Å². The van der Waals surface area contributed by atoms with Crippen molar-refractivity contribution in [3.8, 4) is 23.0 Å². The van der Waals surface area contributed by atoms with Crippen molar-refractivity contribution in [1.82, 2.24) is 19.2 Å². The Labute approximate surface area is 463 Å². The first-order valence-corrected chi connectivity index (χ1v) is 26.5. The van der Waals surface area contributed by atoms with E-state index in [2.05, 4.69) is 78.0 Å². The number of ether oxygens (including phenoxy) is 4. The van der Waals surface area contributed by atoms with E-state index >= 15 is 0 Å². The lowest BCUT2D eigenvalue weighted by atomic mass is 9.56.